The fraction of sp³-hybridized carbons (Fsp3) is 0.829. The molecule has 0 amide bonds. The third-order valence-electron chi connectivity index (χ3n) is 16.1. The van der Waals surface area contributed by atoms with E-state index in [1.807, 2.05) is 13.8 Å². The molecule has 0 spiro atoms. The van der Waals surface area contributed by atoms with Crippen molar-refractivity contribution in [3.8, 4) is 0 Å². The standard InChI is InChI=1S/C21H32O3.C20H28O6/c22-20(12-21(23)24)18-7-3-6-15-10-16-8-13-4-1-2-5-14(13)9-17(16)11-19(15)18;1-9-5-13-18(24,15(9)22)7-11(8-21)6-12-14-17(3,4)20(14,26)16(23)10(2)19(12,13)25/h13-19H,1-12H2,(H,23,24);5-6,10,12-14,16,21,23-26H,7-8H2,1-4H3/t;10-,12+,13-,14-,16-,18+,19+,20+/m.1/s1. The average Bonchev–Trinajstić information content (AvgIpc) is 3.48. The average molecular weight is 697 g/mol. The summed E-state index contributed by atoms with van der Waals surface area (Å²) < 4.78 is 0. The van der Waals surface area contributed by atoms with Crippen molar-refractivity contribution in [1.82, 2.24) is 0 Å². The SMILES string of the molecule is CC1=C[C@H]2[C@]3(O)[C@H](C)[C@@H](O)[C@@]4(O)[C@H]([C@@H]3C=C(CO)C[C@@]2(O)C1=O)C4(C)C.O=C(O)CC(=O)C1CCCC2CC3CC4CCCCC4CC3CC21. The van der Waals surface area contributed by atoms with Gasteiger partial charge in [0.1, 0.15) is 23.4 Å². The predicted molar refractivity (Wildman–Crippen MR) is 185 cm³/mol. The normalized spacial score (nSPS) is 49.8. The van der Waals surface area contributed by atoms with Crippen LogP contribution in [-0.4, -0.2) is 77.7 Å². The van der Waals surface area contributed by atoms with Gasteiger partial charge in [-0.3, -0.25) is 14.4 Å². The molecule has 0 aromatic heterocycles. The number of Topliss-reactive ketones (excluding diaryl/α,β-unsaturated/α-hetero) is 2. The topological polar surface area (TPSA) is 173 Å². The highest BCUT2D eigenvalue weighted by Crippen LogP contribution is 2.75. The van der Waals surface area contributed by atoms with Gasteiger partial charge in [0.2, 0.25) is 0 Å². The Bertz CT molecular complexity index is 1470. The highest BCUT2D eigenvalue weighted by molar-refractivity contribution is 6.04. The Balaban J connectivity index is 0.000000157. The Hall–Kier alpha value is -1.91. The second-order valence-electron chi connectivity index (χ2n) is 18.7. The first-order valence-corrected chi connectivity index (χ1v) is 19.6. The molecule has 0 radical (unpaired) electrons. The molecule has 9 heteroatoms. The molecular formula is C41H60O9. The van der Waals surface area contributed by atoms with E-state index < -0.39 is 63.7 Å². The van der Waals surface area contributed by atoms with Gasteiger partial charge in [-0.15, -0.1) is 0 Å². The third-order valence-corrected chi connectivity index (χ3v) is 16.1. The number of aliphatic hydroxyl groups excluding tert-OH is 2. The first kappa shape index (κ1) is 36.4. The van der Waals surface area contributed by atoms with E-state index in [2.05, 4.69) is 0 Å². The molecule has 6 saturated carbocycles. The number of carbonyl (C=O) groups is 3. The van der Waals surface area contributed by atoms with Crippen LogP contribution in [0.1, 0.15) is 111 Å². The van der Waals surface area contributed by atoms with Crippen LogP contribution < -0.4 is 0 Å². The Morgan fingerprint density at radius 1 is 0.860 bits per heavy atom. The summed E-state index contributed by atoms with van der Waals surface area (Å²) in [6.45, 7) is 6.63. The van der Waals surface area contributed by atoms with Crippen LogP contribution in [0, 0.1) is 70.5 Å². The summed E-state index contributed by atoms with van der Waals surface area (Å²) in [6.07, 6.45) is 16.3. The van der Waals surface area contributed by atoms with Crippen molar-refractivity contribution in [1.29, 1.82) is 0 Å². The lowest BCUT2D eigenvalue weighted by molar-refractivity contribution is -0.209. The smallest absolute Gasteiger partial charge is 0.310 e. The third kappa shape index (κ3) is 5.29. The van der Waals surface area contributed by atoms with Crippen LogP contribution in [0.25, 0.3) is 0 Å². The molecule has 6 N–H and O–H groups in total. The molecule has 7 unspecified atom stereocenters. The second kappa shape index (κ2) is 12.6. The molecule has 6 fully saturated rings. The van der Waals surface area contributed by atoms with Crippen LogP contribution >= 0.6 is 0 Å². The lowest BCUT2D eigenvalue weighted by Gasteiger charge is -2.52. The van der Waals surface area contributed by atoms with Gasteiger partial charge in [0, 0.05) is 41.4 Å². The number of carbonyl (C=O) groups excluding carboxylic acids is 2. The van der Waals surface area contributed by atoms with Crippen LogP contribution in [0.3, 0.4) is 0 Å². The monoisotopic (exact) mass is 696 g/mol. The maximum absolute atomic E-state index is 12.7. The van der Waals surface area contributed by atoms with Gasteiger partial charge in [-0.1, -0.05) is 71.4 Å². The summed E-state index contributed by atoms with van der Waals surface area (Å²) in [5.74, 6) is 0.834. The zero-order chi connectivity index (χ0) is 36.1. The largest absolute Gasteiger partial charge is 0.481 e. The number of hydrogen-bond acceptors (Lipinski definition) is 8. The zero-order valence-electron chi connectivity index (χ0n) is 30.4. The lowest BCUT2D eigenvalue weighted by Crippen LogP contribution is -2.65. The van der Waals surface area contributed by atoms with E-state index in [9.17, 15) is 39.9 Å². The number of hydrogen-bond donors (Lipinski definition) is 6. The molecular weight excluding hydrogens is 636 g/mol. The van der Waals surface area contributed by atoms with Crippen LogP contribution in [0.2, 0.25) is 0 Å². The van der Waals surface area contributed by atoms with Gasteiger partial charge < -0.3 is 30.6 Å². The fourth-order valence-corrected chi connectivity index (χ4v) is 13.5. The Morgan fingerprint density at radius 3 is 2.08 bits per heavy atom. The number of aliphatic carboxylic acids is 1. The van der Waals surface area contributed by atoms with E-state index in [1.165, 1.54) is 57.8 Å². The molecule has 0 aromatic rings. The van der Waals surface area contributed by atoms with Crippen molar-refractivity contribution in [2.75, 3.05) is 6.61 Å². The molecule has 0 bridgehead atoms. The number of ketones is 2. The van der Waals surface area contributed by atoms with E-state index >= 15 is 0 Å². The van der Waals surface area contributed by atoms with Crippen LogP contribution in [0.4, 0.5) is 0 Å². The molecule has 9 nitrogen and oxygen atoms in total. The van der Waals surface area contributed by atoms with E-state index in [1.54, 1.807) is 26.0 Å². The molecule has 0 saturated heterocycles. The van der Waals surface area contributed by atoms with Gasteiger partial charge in [0.15, 0.2) is 5.78 Å². The number of fused-ring (bicyclic) bond motifs is 8. The predicted octanol–water partition coefficient (Wildman–Crippen LogP) is 4.62. The Kier molecular flexibility index (Phi) is 9.19. The molecule has 8 aliphatic rings. The van der Waals surface area contributed by atoms with Gasteiger partial charge in [0.25, 0.3) is 0 Å². The Morgan fingerprint density at radius 2 is 1.46 bits per heavy atom. The summed E-state index contributed by atoms with van der Waals surface area (Å²) >= 11 is 0. The number of carboxylic acids is 1. The van der Waals surface area contributed by atoms with Gasteiger partial charge in [-0.2, -0.15) is 0 Å². The quantitative estimate of drug-likeness (QED) is 0.181. The fourth-order valence-electron chi connectivity index (χ4n) is 13.5. The number of carboxylic acid groups (broad SMARTS) is 1. The van der Waals surface area contributed by atoms with Gasteiger partial charge >= 0.3 is 5.97 Å². The minimum Gasteiger partial charge on any atom is -0.481 e. The van der Waals surface area contributed by atoms with Crippen molar-refractivity contribution in [3.63, 3.8) is 0 Å². The molecule has 278 valence electrons. The van der Waals surface area contributed by atoms with Gasteiger partial charge in [0.05, 0.1) is 18.3 Å². The lowest BCUT2D eigenvalue weighted by atomic mass is 9.53. The van der Waals surface area contributed by atoms with Crippen molar-refractivity contribution in [3.05, 3.63) is 23.3 Å². The summed E-state index contributed by atoms with van der Waals surface area (Å²) in [5.41, 5.74) is -4.57. The van der Waals surface area contributed by atoms with Crippen molar-refractivity contribution >= 4 is 17.5 Å². The minimum absolute atomic E-state index is 0.0157. The van der Waals surface area contributed by atoms with Crippen molar-refractivity contribution in [2.45, 2.75) is 134 Å². The first-order chi connectivity index (χ1) is 23.5. The maximum atomic E-state index is 12.7. The van der Waals surface area contributed by atoms with E-state index in [4.69, 9.17) is 5.11 Å². The molecule has 0 heterocycles. The number of rotatable bonds is 4. The van der Waals surface area contributed by atoms with Crippen molar-refractivity contribution in [2.24, 2.45) is 70.5 Å². The van der Waals surface area contributed by atoms with E-state index in [-0.39, 0.29) is 31.1 Å². The summed E-state index contributed by atoms with van der Waals surface area (Å²) in [7, 11) is 0. The molecule has 8 aliphatic carbocycles. The second-order valence-corrected chi connectivity index (χ2v) is 18.7. The Labute approximate surface area is 296 Å². The number of aliphatic hydroxyl groups is 5. The van der Waals surface area contributed by atoms with Crippen LogP contribution in [-0.2, 0) is 14.4 Å². The summed E-state index contributed by atoms with van der Waals surface area (Å²) in [4.78, 5) is 36.2. The first-order valence-electron chi connectivity index (χ1n) is 19.6. The summed E-state index contributed by atoms with van der Waals surface area (Å²) in [5, 5.41) is 64.0. The van der Waals surface area contributed by atoms with Crippen molar-refractivity contribution < 1.29 is 45.0 Å². The van der Waals surface area contributed by atoms with E-state index in [0.717, 1.165) is 36.5 Å². The van der Waals surface area contributed by atoms with E-state index in [0.29, 0.717) is 23.0 Å². The minimum atomic E-state index is -1.84. The van der Waals surface area contributed by atoms with Crippen LogP contribution in [0.5, 0.6) is 0 Å². The van der Waals surface area contributed by atoms with Gasteiger partial charge in [-0.25, -0.2) is 0 Å². The van der Waals surface area contributed by atoms with Crippen LogP contribution in [0.15, 0.2) is 23.3 Å². The van der Waals surface area contributed by atoms with Gasteiger partial charge in [-0.05, 0) is 85.7 Å². The zero-order valence-corrected chi connectivity index (χ0v) is 30.4. The highest BCUT2D eigenvalue weighted by Gasteiger charge is 2.84. The molecule has 8 rings (SSSR count). The highest BCUT2D eigenvalue weighted by atomic mass is 16.4. The molecule has 0 aliphatic heterocycles. The molecule has 0 aromatic carbocycles. The summed E-state index contributed by atoms with van der Waals surface area (Å²) in [6, 6.07) is 0. The molecule has 15 atom stereocenters. The molecule has 50 heavy (non-hydrogen) atoms. The maximum Gasteiger partial charge on any atom is 0.310 e.